The second-order valence-corrected chi connectivity index (χ2v) is 15.2. The number of methoxy groups -OCH3 is 1. The van der Waals surface area contributed by atoms with Crippen molar-refractivity contribution in [2.45, 2.75) is 83.3 Å². The lowest BCUT2D eigenvalue weighted by Gasteiger charge is -2.43. The second kappa shape index (κ2) is 12.3. The van der Waals surface area contributed by atoms with Crippen molar-refractivity contribution in [1.82, 2.24) is 0 Å². The SMILES string of the molecule is COC(=O)CCC/C=C\C[C@H]1OC(C)(C)O[C@@H]1CO[Si](c1ccccc1)(c1ccccc1)C(C)(C)C. The average molecular weight is 511 g/mol. The molecule has 1 saturated heterocycles. The van der Waals surface area contributed by atoms with Gasteiger partial charge >= 0.3 is 5.97 Å². The number of unbranched alkanes of at least 4 members (excludes halogenated alkanes) is 1. The lowest BCUT2D eigenvalue weighted by atomic mass is 10.1. The molecule has 6 heteroatoms. The van der Waals surface area contributed by atoms with Gasteiger partial charge in [0.05, 0.1) is 19.8 Å². The third-order valence-electron chi connectivity index (χ3n) is 6.68. The van der Waals surface area contributed by atoms with E-state index in [1.54, 1.807) is 0 Å². The van der Waals surface area contributed by atoms with E-state index in [-0.39, 0.29) is 23.2 Å². The van der Waals surface area contributed by atoms with Gasteiger partial charge in [-0.1, -0.05) is 93.6 Å². The van der Waals surface area contributed by atoms with Crippen LogP contribution < -0.4 is 10.4 Å². The van der Waals surface area contributed by atoms with E-state index in [1.807, 2.05) is 13.8 Å². The molecule has 1 aliphatic rings. The zero-order valence-corrected chi connectivity index (χ0v) is 23.7. The minimum atomic E-state index is -2.65. The van der Waals surface area contributed by atoms with E-state index in [0.29, 0.717) is 13.0 Å². The van der Waals surface area contributed by atoms with Crippen molar-refractivity contribution in [2.24, 2.45) is 0 Å². The fourth-order valence-corrected chi connectivity index (χ4v) is 9.60. The van der Waals surface area contributed by atoms with E-state index in [1.165, 1.54) is 17.5 Å². The van der Waals surface area contributed by atoms with Gasteiger partial charge in [0.1, 0.15) is 6.10 Å². The number of rotatable bonds is 11. The lowest BCUT2D eigenvalue weighted by Crippen LogP contribution is -2.67. The molecule has 0 saturated carbocycles. The highest BCUT2D eigenvalue weighted by molar-refractivity contribution is 6.99. The molecule has 0 N–H and O–H groups in total. The van der Waals surface area contributed by atoms with E-state index in [0.717, 1.165) is 19.3 Å². The number of carbonyl (C=O) groups is 1. The molecule has 196 valence electrons. The molecule has 2 aromatic rings. The van der Waals surface area contributed by atoms with Gasteiger partial charge < -0.3 is 18.6 Å². The van der Waals surface area contributed by atoms with Crippen LogP contribution in [0.4, 0.5) is 0 Å². The van der Waals surface area contributed by atoms with Crippen LogP contribution in [0.15, 0.2) is 72.8 Å². The molecule has 0 amide bonds. The first-order chi connectivity index (χ1) is 17.1. The predicted molar refractivity (Wildman–Crippen MR) is 147 cm³/mol. The summed E-state index contributed by atoms with van der Waals surface area (Å²) in [5.41, 5.74) is 0. The number of hydrogen-bond acceptors (Lipinski definition) is 5. The first-order valence-corrected chi connectivity index (χ1v) is 14.8. The molecular formula is C30H42O5Si. The standard InChI is InChI=1S/C30H42O5Si/c1-29(2,3)36(24-17-11-9-12-18-24,25-19-13-10-14-20-25)33-23-27-26(34-30(4,5)35-27)21-15-7-8-16-22-28(31)32-6/h7,9-15,17-20,26-27H,8,16,21-23H2,1-6H3/b15-7-/t26-,27-/m1/s1. The molecule has 0 unspecified atom stereocenters. The molecule has 1 fully saturated rings. The van der Waals surface area contributed by atoms with Crippen molar-refractivity contribution in [3.8, 4) is 0 Å². The molecule has 2 aromatic carbocycles. The predicted octanol–water partition coefficient (Wildman–Crippen LogP) is 5.37. The van der Waals surface area contributed by atoms with Gasteiger partial charge in [-0.3, -0.25) is 4.79 Å². The molecule has 2 atom stereocenters. The Morgan fingerprint density at radius 3 is 2.03 bits per heavy atom. The number of carbonyl (C=O) groups excluding carboxylic acids is 1. The number of allylic oxidation sites excluding steroid dienone is 1. The minimum absolute atomic E-state index is 0.0975. The molecule has 3 rings (SSSR count). The highest BCUT2D eigenvalue weighted by Gasteiger charge is 2.51. The second-order valence-electron chi connectivity index (χ2n) is 10.9. The third kappa shape index (κ3) is 6.94. The maximum atomic E-state index is 11.3. The summed E-state index contributed by atoms with van der Waals surface area (Å²) in [7, 11) is -1.23. The van der Waals surface area contributed by atoms with Crippen molar-refractivity contribution in [3.63, 3.8) is 0 Å². The molecule has 0 radical (unpaired) electrons. The molecule has 0 spiro atoms. The first-order valence-electron chi connectivity index (χ1n) is 12.9. The summed E-state index contributed by atoms with van der Waals surface area (Å²) < 4.78 is 24.4. The Kier molecular flexibility index (Phi) is 9.70. The Labute approximate surface area is 217 Å². The van der Waals surface area contributed by atoms with Crippen molar-refractivity contribution < 1.29 is 23.4 Å². The highest BCUT2D eigenvalue weighted by atomic mass is 28.4. The van der Waals surface area contributed by atoms with E-state index >= 15 is 0 Å². The van der Waals surface area contributed by atoms with Crippen molar-refractivity contribution >= 4 is 24.7 Å². The van der Waals surface area contributed by atoms with Crippen molar-refractivity contribution in [3.05, 3.63) is 72.8 Å². The summed E-state index contributed by atoms with van der Waals surface area (Å²) in [5.74, 6) is -0.832. The van der Waals surface area contributed by atoms with E-state index in [9.17, 15) is 4.79 Å². The van der Waals surface area contributed by atoms with Gasteiger partial charge in [0.2, 0.25) is 0 Å². The van der Waals surface area contributed by atoms with Gasteiger partial charge in [0.25, 0.3) is 8.32 Å². The van der Waals surface area contributed by atoms with Crippen LogP contribution in [0, 0.1) is 0 Å². The monoisotopic (exact) mass is 510 g/mol. The highest BCUT2D eigenvalue weighted by Crippen LogP contribution is 2.38. The topological polar surface area (TPSA) is 54.0 Å². The molecule has 0 aliphatic carbocycles. The zero-order chi connectivity index (χ0) is 26.2. The smallest absolute Gasteiger partial charge is 0.305 e. The van der Waals surface area contributed by atoms with Crippen LogP contribution in [0.5, 0.6) is 0 Å². The average Bonchev–Trinajstić information content (AvgIpc) is 3.15. The summed E-state index contributed by atoms with van der Waals surface area (Å²) in [5, 5.41) is 2.41. The summed E-state index contributed by atoms with van der Waals surface area (Å²) in [6, 6.07) is 21.3. The molecule has 5 nitrogen and oxygen atoms in total. The number of esters is 1. The number of ether oxygens (including phenoxy) is 3. The van der Waals surface area contributed by atoms with Crippen LogP contribution in [0.25, 0.3) is 0 Å². The van der Waals surface area contributed by atoms with Crippen LogP contribution in [-0.2, 0) is 23.4 Å². The number of benzene rings is 2. The Bertz CT molecular complexity index is 942. The normalized spacial score (nSPS) is 20.1. The lowest BCUT2D eigenvalue weighted by molar-refractivity contribution is -0.148. The van der Waals surface area contributed by atoms with Gasteiger partial charge in [-0.15, -0.1) is 0 Å². The summed E-state index contributed by atoms with van der Waals surface area (Å²) in [6.45, 7) is 11.2. The molecule has 36 heavy (non-hydrogen) atoms. The first kappa shape index (κ1) is 28.3. The summed E-state index contributed by atoms with van der Waals surface area (Å²) >= 11 is 0. The Morgan fingerprint density at radius 1 is 0.944 bits per heavy atom. The largest absolute Gasteiger partial charge is 0.469 e. The maximum Gasteiger partial charge on any atom is 0.305 e. The van der Waals surface area contributed by atoms with Crippen LogP contribution in [-0.4, -0.2) is 46.0 Å². The Hall–Kier alpha value is -2.25. The minimum Gasteiger partial charge on any atom is -0.469 e. The molecule has 1 aliphatic heterocycles. The van der Waals surface area contributed by atoms with Crippen LogP contribution in [0.1, 0.15) is 60.3 Å². The van der Waals surface area contributed by atoms with Gasteiger partial charge in [-0.25, -0.2) is 0 Å². The van der Waals surface area contributed by atoms with E-state index in [4.69, 9.17) is 18.6 Å². The maximum absolute atomic E-state index is 11.3. The van der Waals surface area contributed by atoms with Crippen LogP contribution in [0.2, 0.25) is 5.04 Å². The van der Waals surface area contributed by atoms with Crippen LogP contribution in [0.3, 0.4) is 0 Å². The molecule has 0 bridgehead atoms. The van der Waals surface area contributed by atoms with E-state index in [2.05, 4.69) is 93.6 Å². The fraction of sp³-hybridized carbons (Fsp3) is 0.500. The van der Waals surface area contributed by atoms with E-state index < -0.39 is 14.1 Å². The third-order valence-corrected chi connectivity index (χ3v) is 11.7. The molecular weight excluding hydrogens is 468 g/mol. The molecule has 1 heterocycles. The molecule has 0 aromatic heterocycles. The van der Waals surface area contributed by atoms with Crippen molar-refractivity contribution in [2.75, 3.05) is 13.7 Å². The quantitative estimate of drug-likeness (QED) is 0.176. The summed E-state index contributed by atoms with van der Waals surface area (Å²) in [4.78, 5) is 11.3. The van der Waals surface area contributed by atoms with Crippen molar-refractivity contribution in [1.29, 1.82) is 0 Å². The Balaban J connectivity index is 1.79. The Morgan fingerprint density at radius 2 is 1.50 bits per heavy atom. The van der Waals surface area contributed by atoms with Gasteiger partial charge in [-0.05, 0) is 48.5 Å². The zero-order valence-electron chi connectivity index (χ0n) is 22.7. The van der Waals surface area contributed by atoms with Gasteiger partial charge in [0, 0.05) is 6.42 Å². The summed E-state index contributed by atoms with van der Waals surface area (Å²) in [6.07, 6.45) is 6.73. The van der Waals surface area contributed by atoms with Crippen LogP contribution >= 0.6 is 0 Å². The van der Waals surface area contributed by atoms with Gasteiger partial charge in [0.15, 0.2) is 5.79 Å². The number of hydrogen-bond donors (Lipinski definition) is 0. The fourth-order valence-electron chi connectivity index (χ4n) is 5.03. The van der Waals surface area contributed by atoms with Gasteiger partial charge in [-0.2, -0.15) is 0 Å².